The predicted molar refractivity (Wildman–Crippen MR) is 130 cm³/mol. The molecule has 10 heteroatoms. The van der Waals surface area contributed by atoms with Crippen LogP contribution in [-0.2, 0) is 16.0 Å². The lowest BCUT2D eigenvalue weighted by Gasteiger charge is -2.36. The first-order chi connectivity index (χ1) is 13.7. The number of aryl methyl sites for hydroxylation is 1. The Morgan fingerprint density at radius 1 is 1.17 bits per heavy atom. The molecule has 0 aliphatic carbocycles. The summed E-state index contributed by atoms with van der Waals surface area (Å²) in [7, 11) is 1.84. The molecule has 1 aliphatic heterocycles. The van der Waals surface area contributed by atoms with Gasteiger partial charge in [0.15, 0.2) is 5.96 Å². The number of hydrogen-bond donors (Lipinski definition) is 1. The van der Waals surface area contributed by atoms with E-state index < -0.39 is 0 Å². The molecule has 1 saturated heterocycles. The number of unbranched alkanes of at least 4 members (excludes halogenated alkanes) is 3. The average molecular weight is 539 g/mol. The Balaban J connectivity index is 0.00000420. The van der Waals surface area contributed by atoms with Gasteiger partial charge in [0.1, 0.15) is 5.82 Å². The van der Waals surface area contributed by atoms with Crippen LogP contribution in [0.25, 0.3) is 0 Å². The molecule has 1 aromatic heterocycles. The van der Waals surface area contributed by atoms with Crippen LogP contribution < -0.4 is 10.2 Å². The molecule has 0 amide bonds. The Morgan fingerprint density at radius 2 is 1.90 bits per heavy atom. The standard InChI is InChI=1S/C19H34N6O2S.HI/c1-4-16-22-19(28-23-16)25-14-12-24(13-15-25)18(20-3)21-11-9-7-6-8-10-17(26)27-5-2;/h4-15H2,1-3H3,(H,20,21);1H. The number of aliphatic imine (C=N–C) groups is 1. The fourth-order valence-electron chi connectivity index (χ4n) is 3.14. The molecule has 0 aromatic carbocycles. The van der Waals surface area contributed by atoms with E-state index in [1.54, 1.807) is 0 Å². The lowest BCUT2D eigenvalue weighted by atomic mass is 10.1. The highest BCUT2D eigenvalue weighted by Gasteiger charge is 2.21. The number of carbonyl (C=O) groups is 1. The number of hydrogen-bond acceptors (Lipinski definition) is 7. The molecule has 1 aromatic rings. The first-order valence-electron chi connectivity index (χ1n) is 10.4. The third-order valence-corrected chi connectivity index (χ3v) is 5.55. The van der Waals surface area contributed by atoms with Gasteiger partial charge in [-0.1, -0.05) is 19.8 Å². The van der Waals surface area contributed by atoms with Crippen LogP contribution in [0, 0.1) is 0 Å². The zero-order valence-electron chi connectivity index (χ0n) is 17.9. The lowest BCUT2D eigenvalue weighted by Crippen LogP contribution is -2.52. The molecule has 2 rings (SSSR count). The Morgan fingerprint density at radius 3 is 2.52 bits per heavy atom. The zero-order chi connectivity index (χ0) is 20.2. The van der Waals surface area contributed by atoms with Crippen molar-refractivity contribution in [3.8, 4) is 0 Å². The van der Waals surface area contributed by atoms with Gasteiger partial charge in [-0.05, 0) is 19.8 Å². The summed E-state index contributed by atoms with van der Waals surface area (Å²) < 4.78 is 9.33. The number of nitrogens with one attached hydrogen (secondary N) is 1. The Hall–Kier alpha value is -1.17. The fourth-order valence-corrected chi connectivity index (χ4v) is 3.94. The van der Waals surface area contributed by atoms with Gasteiger partial charge in [-0.15, -0.1) is 24.0 Å². The van der Waals surface area contributed by atoms with Gasteiger partial charge in [0.2, 0.25) is 5.13 Å². The molecule has 2 heterocycles. The number of halogens is 1. The van der Waals surface area contributed by atoms with Crippen LogP contribution in [0.15, 0.2) is 4.99 Å². The van der Waals surface area contributed by atoms with E-state index in [1.165, 1.54) is 11.5 Å². The SMILES string of the molecule is CCOC(=O)CCCCCCNC(=NC)N1CCN(c2nc(CC)ns2)CC1.I. The van der Waals surface area contributed by atoms with Gasteiger partial charge in [-0.2, -0.15) is 4.37 Å². The number of aromatic nitrogens is 2. The summed E-state index contributed by atoms with van der Waals surface area (Å²) in [5, 5.41) is 4.50. The van der Waals surface area contributed by atoms with Crippen LogP contribution in [0.5, 0.6) is 0 Å². The minimum Gasteiger partial charge on any atom is -0.466 e. The quantitative estimate of drug-likeness (QED) is 0.161. The van der Waals surface area contributed by atoms with Crippen molar-refractivity contribution < 1.29 is 9.53 Å². The second-order valence-corrected chi connectivity index (χ2v) is 7.49. The minimum atomic E-state index is -0.0837. The highest BCUT2D eigenvalue weighted by Crippen LogP contribution is 2.19. The first kappa shape index (κ1) is 25.9. The van der Waals surface area contributed by atoms with E-state index in [0.717, 1.165) is 81.7 Å². The van der Waals surface area contributed by atoms with Crippen LogP contribution in [0.1, 0.15) is 51.8 Å². The van der Waals surface area contributed by atoms with Gasteiger partial charge in [-0.25, -0.2) is 4.98 Å². The maximum Gasteiger partial charge on any atom is 0.305 e. The van der Waals surface area contributed by atoms with E-state index >= 15 is 0 Å². The minimum absolute atomic E-state index is 0. The topological polar surface area (TPSA) is 83.0 Å². The Kier molecular flexibility index (Phi) is 13.2. The van der Waals surface area contributed by atoms with Gasteiger partial charge in [0.25, 0.3) is 0 Å². The molecule has 8 nitrogen and oxygen atoms in total. The third kappa shape index (κ3) is 9.02. The van der Waals surface area contributed by atoms with Crippen molar-refractivity contribution in [2.75, 3.05) is 51.3 Å². The molecule has 1 N–H and O–H groups in total. The summed E-state index contributed by atoms with van der Waals surface area (Å²) >= 11 is 1.50. The maximum absolute atomic E-state index is 11.3. The molecule has 0 bridgehead atoms. The number of anilines is 1. The highest BCUT2D eigenvalue weighted by molar-refractivity contribution is 14.0. The molecule has 0 spiro atoms. The molecule has 0 atom stereocenters. The molecule has 29 heavy (non-hydrogen) atoms. The van der Waals surface area contributed by atoms with Gasteiger partial charge in [0.05, 0.1) is 6.61 Å². The molecule has 0 saturated carbocycles. The number of rotatable bonds is 10. The number of nitrogens with zero attached hydrogens (tertiary/aromatic N) is 5. The lowest BCUT2D eigenvalue weighted by molar-refractivity contribution is -0.143. The van der Waals surface area contributed by atoms with Crippen molar-refractivity contribution in [2.24, 2.45) is 4.99 Å². The fraction of sp³-hybridized carbons (Fsp3) is 0.789. The highest BCUT2D eigenvalue weighted by atomic mass is 127. The van der Waals surface area contributed by atoms with E-state index in [2.05, 4.69) is 36.4 Å². The first-order valence-corrected chi connectivity index (χ1v) is 11.1. The molecule has 1 aliphatic rings. The van der Waals surface area contributed by atoms with E-state index in [4.69, 9.17) is 4.74 Å². The second-order valence-electron chi connectivity index (χ2n) is 6.76. The zero-order valence-corrected chi connectivity index (χ0v) is 21.0. The number of piperazine rings is 1. The smallest absolute Gasteiger partial charge is 0.305 e. The number of esters is 1. The van der Waals surface area contributed by atoms with Crippen molar-refractivity contribution in [1.82, 2.24) is 19.6 Å². The molecule has 1 fully saturated rings. The number of guanidine groups is 1. The summed E-state index contributed by atoms with van der Waals surface area (Å²) in [6.45, 7) is 9.04. The predicted octanol–water partition coefficient (Wildman–Crippen LogP) is 2.93. The summed E-state index contributed by atoms with van der Waals surface area (Å²) in [5.74, 6) is 1.82. The second kappa shape index (κ2) is 14.8. The van der Waals surface area contributed by atoms with Crippen molar-refractivity contribution in [3.05, 3.63) is 5.82 Å². The van der Waals surface area contributed by atoms with Crippen LogP contribution >= 0.6 is 35.5 Å². The molecule has 0 unspecified atom stereocenters. The van der Waals surface area contributed by atoms with Gasteiger partial charge >= 0.3 is 5.97 Å². The summed E-state index contributed by atoms with van der Waals surface area (Å²) in [4.78, 5) is 24.9. The number of carbonyl (C=O) groups excluding carboxylic acids is 1. The Bertz CT molecular complexity index is 620. The largest absolute Gasteiger partial charge is 0.466 e. The van der Waals surface area contributed by atoms with Gasteiger partial charge in [-0.3, -0.25) is 9.79 Å². The van der Waals surface area contributed by atoms with Crippen molar-refractivity contribution in [3.63, 3.8) is 0 Å². The third-order valence-electron chi connectivity index (χ3n) is 4.73. The van der Waals surface area contributed by atoms with Crippen molar-refractivity contribution in [1.29, 1.82) is 0 Å². The summed E-state index contributed by atoms with van der Waals surface area (Å²) in [5.41, 5.74) is 0. The van der Waals surface area contributed by atoms with Crippen LogP contribution in [0.2, 0.25) is 0 Å². The van der Waals surface area contributed by atoms with Gasteiger partial charge in [0, 0.05) is 64.1 Å². The summed E-state index contributed by atoms with van der Waals surface area (Å²) in [6, 6.07) is 0. The van der Waals surface area contributed by atoms with E-state index in [0.29, 0.717) is 13.0 Å². The molecular weight excluding hydrogens is 503 g/mol. The summed E-state index contributed by atoms with van der Waals surface area (Å²) in [6.07, 6.45) is 5.55. The van der Waals surface area contributed by atoms with Gasteiger partial charge < -0.3 is 19.9 Å². The van der Waals surface area contributed by atoms with Crippen molar-refractivity contribution >= 4 is 52.6 Å². The normalized spacial score (nSPS) is 14.5. The van der Waals surface area contributed by atoms with E-state index in [9.17, 15) is 4.79 Å². The Labute approximate surface area is 195 Å². The van der Waals surface area contributed by atoms with Crippen molar-refractivity contribution in [2.45, 2.75) is 52.4 Å². The van der Waals surface area contributed by atoms with Crippen LogP contribution in [0.4, 0.5) is 5.13 Å². The monoisotopic (exact) mass is 538 g/mol. The average Bonchev–Trinajstić information content (AvgIpc) is 3.20. The molecule has 0 radical (unpaired) electrons. The van der Waals surface area contributed by atoms with Crippen LogP contribution in [0.3, 0.4) is 0 Å². The molecular formula is C19H35IN6O2S. The van der Waals surface area contributed by atoms with E-state index in [1.807, 2.05) is 14.0 Å². The molecule has 166 valence electrons. The maximum atomic E-state index is 11.3. The van der Waals surface area contributed by atoms with Crippen LogP contribution in [-0.4, -0.2) is 72.6 Å². The van der Waals surface area contributed by atoms with E-state index in [-0.39, 0.29) is 29.9 Å². The number of ether oxygens (including phenoxy) is 1.